The molecule has 0 spiro atoms. The summed E-state index contributed by atoms with van der Waals surface area (Å²) in [5.41, 5.74) is 0. The Morgan fingerprint density at radius 1 is 1.20 bits per heavy atom. The molecule has 0 aromatic heterocycles. The molecule has 4 nitrogen and oxygen atoms in total. The van der Waals surface area contributed by atoms with Crippen molar-refractivity contribution in [1.82, 2.24) is 0 Å². The van der Waals surface area contributed by atoms with Gasteiger partial charge in [-0.25, -0.2) is 0 Å². The van der Waals surface area contributed by atoms with Crippen LogP contribution >= 0.6 is 0 Å². The molecule has 90 valence electrons. The van der Waals surface area contributed by atoms with E-state index in [2.05, 4.69) is 21.1 Å². The summed E-state index contributed by atoms with van der Waals surface area (Å²) < 4.78 is 5.88. The lowest BCUT2D eigenvalue weighted by atomic mass is 10.2. The number of likely N-dealkylation sites (N-methyl/N-ethyl adjacent to an activating group) is 1. The average Bonchev–Trinajstić information content (AvgIpc) is 2.10. The number of ether oxygens (including phenoxy) is 1. The van der Waals surface area contributed by atoms with Gasteiger partial charge < -0.3 is 14.3 Å². The molecule has 0 aliphatic carbocycles. The Morgan fingerprint density at radius 2 is 1.87 bits per heavy atom. The molecular formula is C11H24NO3+. The zero-order valence-corrected chi connectivity index (χ0v) is 10.2. The van der Waals surface area contributed by atoms with Crippen LogP contribution in [-0.2, 0) is 9.53 Å². The lowest BCUT2D eigenvalue weighted by molar-refractivity contribution is -0.870. The summed E-state index contributed by atoms with van der Waals surface area (Å²) in [6, 6.07) is 0. The van der Waals surface area contributed by atoms with Gasteiger partial charge in [0.05, 0.1) is 21.1 Å². The van der Waals surface area contributed by atoms with E-state index < -0.39 is 0 Å². The van der Waals surface area contributed by atoms with Crippen LogP contribution in [0.3, 0.4) is 0 Å². The Morgan fingerprint density at radius 3 is 2.40 bits per heavy atom. The zero-order chi connectivity index (χ0) is 11.7. The zero-order valence-electron chi connectivity index (χ0n) is 10.2. The van der Waals surface area contributed by atoms with Crippen LogP contribution in [-0.4, -0.2) is 56.5 Å². The van der Waals surface area contributed by atoms with E-state index in [-0.39, 0.29) is 12.6 Å². The minimum Gasteiger partial charge on any atom is -0.460 e. The van der Waals surface area contributed by atoms with E-state index in [1.807, 2.05) is 0 Å². The predicted molar refractivity (Wildman–Crippen MR) is 59.4 cm³/mol. The first kappa shape index (κ1) is 14.4. The molecular weight excluding hydrogens is 194 g/mol. The first-order valence-electron chi connectivity index (χ1n) is 5.52. The molecule has 0 aromatic carbocycles. The molecule has 0 saturated heterocycles. The maximum absolute atomic E-state index is 11.2. The van der Waals surface area contributed by atoms with Gasteiger partial charge in [-0.05, 0) is 12.8 Å². The van der Waals surface area contributed by atoms with Crippen LogP contribution in [0.5, 0.6) is 0 Å². The van der Waals surface area contributed by atoms with Crippen LogP contribution in [0.15, 0.2) is 0 Å². The number of unbranched alkanes of at least 4 members (excludes halogenated alkanes) is 2. The lowest BCUT2D eigenvalue weighted by Crippen LogP contribution is -2.37. The molecule has 0 unspecified atom stereocenters. The van der Waals surface area contributed by atoms with Crippen molar-refractivity contribution >= 4 is 5.97 Å². The molecule has 15 heavy (non-hydrogen) atoms. The molecule has 0 rings (SSSR count). The average molecular weight is 218 g/mol. The Hall–Kier alpha value is -0.610. The normalized spacial score (nSPS) is 11.5. The molecule has 0 aliphatic rings. The van der Waals surface area contributed by atoms with Gasteiger partial charge in [0.25, 0.3) is 0 Å². The lowest BCUT2D eigenvalue weighted by Gasteiger charge is -2.23. The van der Waals surface area contributed by atoms with Crippen molar-refractivity contribution in [3.8, 4) is 0 Å². The van der Waals surface area contributed by atoms with E-state index in [1.165, 1.54) is 0 Å². The van der Waals surface area contributed by atoms with E-state index in [1.54, 1.807) is 0 Å². The summed E-state index contributed by atoms with van der Waals surface area (Å²) in [6.07, 6.45) is 2.94. The Labute approximate surface area is 92.4 Å². The summed E-state index contributed by atoms with van der Waals surface area (Å²) in [4.78, 5) is 11.2. The largest absolute Gasteiger partial charge is 0.460 e. The van der Waals surface area contributed by atoms with Gasteiger partial charge in [0, 0.05) is 13.0 Å². The van der Waals surface area contributed by atoms with Crippen molar-refractivity contribution < 1.29 is 19.1 Å². The standard InChI is InChI=1S/C11H24NO3/c1-12(2,3)8-10-15-11(14)7-5-4-6-9-13/h13H,4-10H2,1-3H3/q+1. The molecule has 0 heterocycles. The van der Waals surface area contributed by atoms with Gasteiger partial charge in [0.1, 0.15) is 13.2 Å². The third kappa shape index (κ3) is 11.3. The van der Waals surface area contributed by atoms with Crippen molar-refractivity contribution in [3.05, 3.63) is 0 Å². The van der Waals surface area contributed by atoms with Crippen LogP contribution in [0.2, 0.25) is 0 Å². The number of carbonyl (C=O) groups is 1. The monoisotopic (exact) mass is 218 g/mol. The van der Waals surface area contributed by atoms with Crippen molar-refractivity contribution in [2.24, 2.45) is 0 Å². The summed E-state index contributed by atoms with van der Waals surface area (Å²) in [7, 11) is 6.19. The first-order valence-corrected chi connectivity index (χ1v) is 5.52. The fourth-order valence-electron chi connectivity index (χ4n) is 1.06. The molecule has 0 atom stereocenters. The van der Waals surface area contributed by atoms with Gasteiger partial charge in [-0.15, -0.1) is 0 Å². The Balaban J connectivity index is 3.34. The van der Waals surface area contributed by atoms with Gasteiger partial charge in [-0.1, -0.05) is 6.42 Å². The van der Waals surface area contributed by atoms with Gasteiger partial charge in [-0.3, -0.25) is 4.79 Å². The van der Waals surface area contributed by atoms with Crippen molar-refractivity contribution in [3.63, 3.8) is 0 Å². The molecule has 0 amide bonds. The van der Waals surface area contributed by atoms with Crippen molar-refractivity contribution in [2.45, 2.75) is 25.7 Å². The molecule has 0 fully saturated rings. The number of esters is 1. The number of quaternary nitrogens is 1. The highest BCUT2D eigenvalue weighted by molar-refractivity contribution is 5.69. The highest BCUT2D eigenvalue weighted by atomic mass is 16.5. The predicted octanol–water partition coefficient (Wildman–Crippen LogP) is 0.788. The second kappa shape index (κ2) is 7.65. The second-order valence-electron chi connectivity index (χ2n) is 4.77. The van der Waals surface area contributed by atoms with Crippen LogP contribution in [0.4, 0.5) is 0 Å². The Bertz CT molecular complexity index is 175. The smallest absolute Gasteiger partial charge is 0.305 e. The van der Waals surface area contributed by atoms with E-state index in [0.29, 0.717) is 13.0 Å². The molecule has 1 N–H and O–H groups in total. The molecule has 0 bridgehead atoms. The molecule has 0 radical (unpaired) electrons. The van der Waals surface area contributed by atoms with Crippen LogP contribution in [0.1, 0.15) is 25.7 Å². The van der Waals surface area contributed by atoms with Crippen molar-refractivity contribution in [2.75, 3.05) is 40.9 Å². The van der Waals surface area contributed by atoms with Crippen LogP contribution in [0, 0.1) is 0 Å². The van der Waals surface area contributed by atoms with Gasteiger partial charge in [0.2, 0.25) is 0 Å². The number of carbonyl (C=O) groups excluding carboxylic acids is 1. The molecule has 0 saturated carbocycles. The molecule has 0 aromatic rings. The number of aliphatic hydroxyl groups is 1. The van der Waals surface area contributed by atoms with Gasteiger partial charge in [-0.2, -0.15) is 0 Å². The van der Waals surface area contributed by atoms with E-state index in [9.17, 15) is 4.79 Å². The maximum atomic E-state index is 11.2. The summed E-state index contributed by atoms with van der Waals surface area (Å²) in [5.74, 6) is -0.124. The van der Waals surface area contributed by atoms with Crippen LogP contribution in [0.25, 0.3) is 0 Å². The Kier molecular flexibility index (Phi) is 7.34. The van der Waals surface area contributed by atoms with E-state index >= 15 is 0 Å². The topological polar surface area (TPSA) is 46.5 Å². The fraction of sp³-hybridized carbons (Fsp3) is 0.909. The fourth-order valence-corrected chi connectivity index (χ4v) is 1.06. The quantitative estimate of drug-likeness (QED) is 0.372. The van der Waals surface area contributed by atoms with Crippen molar-refractivity contribution in [1.29, 1.82) is 0 Å². The minimum atomic E-state index is -0.124. The second-order valence-corrected chi connectivity index (χ2v) is 4.77. The third-order valence-electron chi connectivity index (χ3n) is 2.06. The summed E-state index contributed by atoms with van der Waals surface area (Å²) >= 11 is 0. The SMILES string of the molecule is C[N+](C)(C)CCOC(=O)CCCCCO. The number of rotatable bonds is 8. The molecule has 4 heteroatoms. The number of aliphatic hydroxyl groups excluding tert-OH is 1. The third-order valence-corrected chi connectivity index (χ3v) is 2.06. The minimum absolute atomic E-state index is 0.124. The summed E-state index contributed by atoms with van der Waals surface area (Å²) in [6.45, 7) is 1.53. The van der Waals surface area contributed by atoms with Crippen LogP contribution < -0.4 is 0 Å². The van der Waals surface area contributed by atoms with Gasteiger partial charge >= 0.3 is 5.97 Å². The first-order chi connectivity index (χ1) is 6.95. The van der Waals surface area contributed by atoms with E-state index in [4.69, 9.17) is 9.84 Å². The number of nitrogens with zero attached hydrogens (tertiary/aromatic N) is 1. The highest BCUT2D eigenvalue weighted by Crippen LogP contribution is 2.01. The van der Waals surface area contributed by atoms with Gasteiger partial charge in [0.15, 0.2) is 0 Å². The maximum Gasteiger partial charge on any atom is 0.305 e. The number of hydrogen-bond acceptors (Lipinski definition) is 3. The molecule has 0 aliphatic heterocycles. The summed E-state index contributed by atoms with van der Waals surface area (Å²) in [5, 5.41) is 8.54. The highest BCUT2D eigenvalue weighted by Gasteiger charge is 2.08. The number of hydrogen-bond donors (Lipinski definition) is 1. The van der Waals surface area contributed by atoms with E-state index in [0.717, 1.165) is 30.3 Å².